The number of nitrogens with zero attached hydrogens (tertiary/aromatic N) is 2. The predicted molar refractivity (Wildman–Crippen MR) is 65.2 cm³/mol. The summed E-state index contributed by atoms with van der Waals surface area (Å²) in [5.41, 5.74) is 6.95. The lowest BCUT2D eigenvalue weighted by Crippen LogP contribution is -2.21. The van der Waals surface area contributed by atoms with Crippen LogP contribution < -0.4 is 5.73 Å². The fourth-order valence-corrected chi connectivity index (χ4v) is 2.51. The summed E-state index contributed by atoms with van der Waals surface area (Å²) in [5.74, 6) is 2.35. The molecule has 0 amide bonds. The molecule has 16 heavy (non-hydrogen) atoms. The molecule has 1 aliphatic carbocycles. The van der Waals surface area contributed by atoms with Crippen molar-refractivity contribution in [1.82, 2.24) is 9.97 Å². The third-order valence-corrected chi connectivity index (χ3v) is 3.64. The largest absolute Gasteiger partial charge is 0.330 e. The summed E-state index contributed by atoms with van der Waals surface area (Å²) in [6.45, 7) is 2.95. The van der Waals surface area contributed by atoms with E-state index >= 15 is 0 Å². The van der Waals surface area contributed by atoms with E-state index in [0.717, 1.165) is 24.7 Å². The van der Waals surface area contributed by atoms with Crippen LogP contribution >= 0.6 is 0 Å². The minimum absolute atomic E-state index is 0.635. The topological polar surface area (TPSA) is 51.8 Å². The predicted octanol–water partition coefficient (Wildman–Crippen LogP) is 2.27. The van der Waals surface area contributed by atoms with Gasteiger partial charge in [-0.25, -0.2) is 9.97 Å². The summed E-state index contributed by atoms with van der Waals surface area (Å²) < 4.78 is 0. The smallest absolute Gasteiger partial charge is 0.128 e. The quantitative estimate of drug-likeness (QED) is 0.848. The Hall–Kier alpha value is -0.960. The maximum absolute atomic E-state index is 5.71. The second-order valence-electron chi connectivity index (χ2n) is 4.70. The average Bonchev–Trinajstić information content (AvgIpc) is 2.39. The maximum atomic E-state index is 5.71. The summed E-state index contributed by atoms with van der Waals surface area (Å²) in [6.07, 6.45) is 7.81. The Morgan fingerprint density at radius 3 is 2.69 bits per heavy atom. The molecule has 2 rings (SSSR count). The Morgan fingerprint density at radius 1 is 1.31 bits per heavy atom. The van der Waals surface area contributed by atoms with E-state index in [9.17, 15) is 0 Å². The SMILES string of the molecule is CCc1nccc(C2CCC(CN)CC2)n1. The molecule has 2 N–H and O–H groups in total. The maximum Gasteiger partial charge on any atom is 0.128 e. The van der Waals surface area contributed by atoms with Crippen molar-refractivity contribution in [2.45, 2.75) is 44.9 Å². The molecular formula is C13H21N3. The van der Waals surface area contributed by atoms with Gasteiger partial charge in [-0.2, -0.15) is 0 Å². The normalized spacial score (nSPS) is 25.6. The molecule has 0 aromatic carbocycles. The lowest BCUT2D eigenvalue weighted by molar-refractivity contribution is 0.329. The summed E-state index contributed by atoms with van der Waals surface area (Å²) in [5, 5.41) is 0. The zero-order valence-corrected chi connectivity index (χ0v) is 10.0. The van der Waals surface area contributed by atoms with Gasteiger partial charge in [0.25, 0.3) is 0 Å². The molecule has 0 aliphatic heterocycles. The van der Waals surface area contributed by atoms with E-state index in [1.807, 2.05) is 6.20 Å². The summed E-state index contributed by atoms with van der Waals surface area (Å²) in [6, 6.07) is 2.08. The van der Waals surface area contributed by atoms with Crippen molar-refractivity contribution in [2.75, 3.05) is 6.54 Å². The minimum atomic E-state index is 0.635. The number of aryl methyl sites for hydroxylation is 1. The number of rotatable bonds is 3. The Kier molecular flexibility index (Phi) is 3.88. The van der Waals surface area contributed by atoms with Crippen LogP contribution in [0.4, 0.5) is 0 Å². The van der Waals surface area contributed by atoms with Crippen molar-refractivity contribution in [3.8, 4) is 0 Å². The molecule has 0 unspecified atom stereocenters. The first-order valence-corrected chi connectivity index (χ1v) is 6.35. The van der Waals surface area contributed by atoms with Crippen molar-refractivity contribution in [1.29, 1.82) is 0 Å². The van der Waals surface area contributed by atoms with E-state index in [2.05, 4.69) is 23.0 Å². The minimum Gasteiger partial charge on any atom is -0.330 e. The molecule has 3 heteroatoms. The zero-order valence-electron chi connectivity index (χ0n) is 10.0. The number of hydrogen-bond acceptors (Lipinski definition) is 3. The van der Waals surface area contributed by atoms with Gasteiger partial charge in [0, 0.05) is 24.2 Å². The van der Waals surface area contributed by atoms with Gasteiger partial charge in [-0.1, -0.05) is 6.92 Å². The van der Waals surface area contributed by atoms with Crippen molar-refractivity contribution >= 4 is 0 Å². The van der Waals surface area contributed by atoms with Crippen molar-refractivity contribution in [3.05, 3.63) is 23.8 Å². The van der Waals surface area contributed by atoms with Crippen LogP contribution in [0.1, 0.15) is 50.0 Å². The van der Waals surface area contributed by atoms with E-state index in [0.29, 0.717) is 5.92 Å². The summed E-state index contributed by atoms with van der Waals surface area (Å²) in [7, 11) is 0. The van der Waals surface area contributed by atoms with E-state index in [-0.39, 0.29) is 0 Å². The molecule has 1 heterocycles. The van der Waals surface area contributed by atoms with Gasteiger partial charge in [-0.15, -0.1) is 0 Å². The highest BCUT2D eigenvalue weighted by molar-refractivity contribution is 5.09. The second kappa shape index (κ2) is 5.39. The number of hydrogen-bond donors (Lipinski definition) is 1. The number of nitrogens with two attached hydrogens (primary N) is 1. The Balaban J connectivity index is 2.02. The molecule has 0 bridgehead atoms. The van der Waals surface area contributed by atoms with Crippen molar-refractivity contribution < 1.29 is 0 Å². The van der Waals surface area contributed by atoms with Crippen LogP contribution in [-0.4, -0.2) is 16.5 Å². The first-order valence-electron chi connectivity index (χ1n) is 6.35. The molecule has 1 saturated carbocycles. The Morgan fingerprint density at radius 2 is 2.06 bits per heavy atom. The van der Waals surface area contributed by atoms with Gasteiger partial charge in [0.2, 0.25) is 0 Å². The van der Waals surface area contributed by atoms with E-state index in [4.69, 9.17) is 5.73 Å². The first-order chi connectivity index (χ1) is 7.83. The van der Waals surface area contributed by atoms with Gasteiger partial charge in [-0.05, 0) is 44.2 Å². The molecule has 0 atom stereocenters. The van der Waals surface area contributed by atoms with Crippen LogP contribution in [0, 0.1) is 5.92 Å². The third kappa shape index (κ3) is 2.59. The van der Waals surface area contributed by atoms with Gasteiger partial charge in [0.1, 0.15) is 5.82 Å². The van der Waals surface area contributed by atoms with Crippen LogP contribution in [-0.2, 0) is 6.42 Å². The molecule has 1 fully saturated rings. The van der Waals surface area contributed by atoms with E-state index in [1.54, 1.807) is 0 Å². The molecule has 88 valence electrons. The molecule has 3 nitrogen and oxygen atoms in total. The van der Waals surface area contributed by atoms with E-state index < -0.39 is 0 Å². The fraction of sp³-hybridized carbons (Fsp3) is 0.692. The van der Waals surface area contributed by atoms with Crippen molar-refractivity contribution in [2.24, 2.45) is 11.7 Å². The number of aromatic nitrogens is 2. The molecule has 1 aromatic rings. The Bertz CT molecular complexity index is 330. The van der Waals surface area contributed by atoms with Gasteiger partial charge in [0.05, 0.1) is 0 Å². The standard InChI is InChI=1S/C13H21N3/c1-2-13-15-8-7-12(16-13)11-5-3-10(9-14)4-6-11/h7-8,10-11H,2-6,9,14H2,1H3. The summed E-state index contributed by atoms with van der Waals surface area (Å²) >= 11 is 0. The zero-order chi connectivity index (χ0) is 11.4. The van der Waals surface area contributed by atoms with Gasteiger partial charge < -0.3 is 5.73 Å². The third-order valence-electron chi connectivity index (χ3n) is 3.64. The van der Waals surface area contributed by atoms with Crippen LogP contribution in [0.5, 0.6) is 0 Å². The van der Waals surface area contributed by atoms with Gasteiger partial charge in [-0.3, -0.25) is 0 Å². The van der Waals surface area contributed by atoms with Crippen LogP contribution in [0.15, 0.2) is 12.3 Å². The molecular weight excluding hydrogens is 198 g/mol. The van der Waals surface area contributed by atoms with Gasteiger partial charge >= 0.3 is 0 Å². The Labute approximate surface area is 97.5 Å². The molecule has 1 aromatic heterocycles. The molecule has 0 spiro atoms. The summed E-state index contributed by atoms with van der Waals surface area (Å²) in [4.78, 5) is 8.88. The lowest BCUT2D eigenvalue weighted by Gasteiger charge is -2.27. The monoisotopic (exact) mass is 219 g/mol. The van der Waals surface area contributed by atoms with Gasteiger partial charge in [0.15, 0.2) is 0 Å². The highest BCUT2D eigenvalue weighted by Gasteiger charge is 2.22. The second-order valence-corrected chi connectivity index (χ2v) is 4.70. The van der Waals surface area contributed by atoms with Crippen molar-refractivity contribution in [3.63, 3.8) is 0 Å². The first kappa shape index (κ1) is 11.5. The molecule has 1 aliphatic rings. The average molecular weight is 219 g/mol. The lowest BCUT2D eigenvalue weighted by atomic mass is 9.80. The van der Waals surface area contributed by atoms with Crippen LogP contribution in [0.3, 0.4) is 0 Å². The van der Waals surface area contributed by atoms with Crippen LogP contribution in [0.25, 0.3) is 0 Å². The van der Waals surface area contributed by atoms with Crippen LogP contribution in [0.2, 0.25) is 0 Å². The highest BCUT2D eigenvalue weighted by Crippen LogP contribution is 2.34. The molecule has 0 radical (unpaired) electrons. The fourth-order valence-electron chi connectivity index (χ4n) is 2.51. The molecule has 0 saturated heterocycles. The van der Waals surface area contributed by atoms with E-state index in [1.165, 1.54) is 31.4 Å². The highest BCUT2D eigenvalue weighted by atomic mass is 14.9.